The first-order chi connectivity index (χ1) is 22.5. The Labute approximate surface area is 272 Å². The molecule has 0 aliphatic rings. The normalized spacial score (nSPS) is 12.9. The van der Waals surface area contributed by atoms with Crippen LogP contribution in [0.2, 0.25) is 0 Å². The molecule has 0 aliphatic carbocycles. The lowest BCUT2D eigenvalue weighted by atomic mass is 10.1. The van der Waals surface area contributed by atoms with Gasteiger partial charge in [-0.05, 0) is 93.4 Å². The zero-order valence-corrected chi connectivity index (χ0v) is 27.1. The maximum absolute atomic E-state index is 4.99. The van der Waals surface area contributed by atoms with Crippen LogP contribution in [0.1, 0.15) is 39.3 Å². The highest BCUT2D eigenvalue weighted by Crippen LogP contribution is 2.35. The molecule has 224 valence electrons. The molecule has 3 heterocycles. The number of hydrogen-bond acceptors (Lipinski definition) is 5. The lowest BCUT2D eigenvalue weighted by Gasteiger charge is -2.08. The van der Waals surface area contributed by atoms with Gasteiger partial charge in [-0.15, -0.1) is 11.3 Å². The van der Waals surface area contributed by atoms with Crippen molar-refractivity contribution < 1.29 is 0 Å². The molecule has 0 atom stereocenters. The van der Waals surface area contributed by atoms with Gasteiger partial charge in [-0.25, -0.2) is 19.9 Å². The fraction of sp³-hybridized carbons (Fsp3) is 0.100. The second-order valence-corrected chi connectivity index (χ2v) is 12.2. The molecule has 3 aromatic heterocycles. The van der Waals surface area contributed by atoms with Gasteiger partial charge in [-0.1, -0.05) is 72.9 Å². The minimum Gasteiger partial charge on any atom is -0.309 e. The second kappa shape index (κ2) is 12.5. The highest BCUT2D eigenvalue weighted by molar-refractivity contribution is 7.21. The molecular formula is C40H33N5S. The zero-order chi connectivity index (χ0) is 31.6. The number of allylic oxidation sites excluding steroid dienone is 8. The van der Waals surface area contributed by atoms with Crippen molar-refractivity contribution in [2.75, 3.05) is 0 Å². The van der Waals surface area contributed by atoms with Gasteiger partial charge in [0, 0.05) is 27.6 Å². The summed E-state index contributed by atoms with van der Waals surface area (Å²) in [5, 5.41) is 3.50. The third-order valence-corrected chi connectivity index (χ3v) is 9.08. The quantitative estimate of drug-likeness (QED) is 0.167. The summed E-state index contributed by atoms with van der Waals surface area (Å²) in [6.07, 6.45) is 12.1. The largest absolute Gasteiger partial charge is 0.309 e. The van der Waals surface area contributed by atoms with Crippen molar-refractivity contribution in [1.29, 1.82) is 0 Å². The van der Waals surface area contributed by atoms with Gasteiger partial charge in [0.15, 0.2) is 17.5 Å². The molecule has 0 radical (unpaired) electrons. The van der Waals surface area contributed by atoms with Crippen LogP contribution in [0, 0.1) is 0 Å². The summed E-state index contributed by atoms with van der Waals surface area (Å²) in [6.45, 7) is 8.05. The maximum Gasteiger partial charge on any atom is 0.164 e. The Hall–Kier alpha value is -5.46. The molecule has 0 unspecified atom stereocenters. The van der Waals surface area contributed by atoms with Crippen molar-refractivity contribution in [3.8, 4) is 27.6 Å². The molecule has 7 rings (SSSR count). The van der Waals surface area contributed by atoms with Crippen LogP contribution in [0.5, 0.6) is 0 Å². The molecule has 0 spiro atoms. The van der Waals surface area contributed by atoms with E-state index >= 15 is 0 Å². The molecule has 7 aromatic rings. The van der Waals surface area contributed by atoms with Crippen molar-refractivity contribution in [1.82, 2.24) is 24.5 Å². The smallest absolute Gasteiger partial charge is 0.164 e. The van der Waals surface area contributed by atoms with Gasteiger partial charge in [0.1, 0.15) is 5.01 Å². The van der Waals surface area contributed by atoms with E-state index in [0.717, 1.165) is 43.2 Å². The Kier molecular flexibility index (Phi) is 7.95. The van der Waals surface area contributed by atoms with Gasteiger partial charge in [0.25, 0.3) is 0 Å². The van der Waals surface area contributed by atoms with Gasteiger partial charge in [-0.3, -0.25) is 0 Å². The number of fused-ring (bicyclic) bond motifs is 4. The number of rotatable bonds is 7. The van der Waals surface area contributed by atoms with Crippen LogP contribution in [0.25, 0.3) is 70.8 Å². The van der Waals surface area contributed by atoms with E-state index in [1.54, 1.807) is 11.3 Å². The van der Waals surface area contributed by atoms with Gasteiger partial charge >= 0.3 is 0 Å². The first-order valence-corrected chi connectivity index (χ1v) is 16.2. The topological polar surface area (TPSA) is 56.5 Å². The van der Waals surface area contributed by atoms with E-state index in [9.17, 15) is 0 Å². The molecule has 4 aromatic carbocycles. The van der Waals surface area contributed by atoms with Crippen LogP contribution in [0.15, 0.2) is 127 Å². The van der Waals surface area contributed by atoms with Gasteiger partial charge in [-0.2, -0.15) is 0 Å². The van der Waals surface area contributed by atoms with Crippen molar-refractivity contribution in [3.05, 3.63) is 139 Å². The lowest BCUT2D eigenvalue weighted by molar-refractivity contribution is 0.995. The van der Waals surface area contributed by atoms with Crippen LogP contribution in [0.3, 0.4) is 0 Å². The SMILES string of the molecule is C/C=C\C=C(/C)c1nc(/C(C)=C/C=C\C)nc(-c2ccc3nc(-c4ccc(-n5c6ccccc6c6ccccc65)cc4)sc3c2)n1. The molecule has 0 fully saturated rings. The van der Waals surface area contributed by atoms with Gasteiger partial charge in [0.05, 0.1) is 21.3 Å². The third kappa shape index (κ3) is 5.48. The number of para-hydroxylation sites is 2. The molecular weight excluding hydrogens is 583 g/mol. The number of aromatic nitrogens is 5. The van der Waals surface area contributed by atoms with Crippen LogP contribution in [-0.4, -0.2) is 24.5 Å². The Morgan fingerprint density at radius 3 is 1.78 bits per heavy atom. The molecule has 5 nitrogen and oxygen atoms in total. The van der Waals surface area contributed by atoms with Crippen LogP contribution in [0.4, 0.5) is 0 Å². The molecule has 0 aliphatic heterocycles. The molecule has 0 amide bonds. The first kappa shape index (κ1) is 29.3. The highest BCUT2D eigenvalue weighted by atomic mass is 32.1. The van der Waals surface area contributed by atoms with E-state index in [1.165, 1.54) is 21.8 Å². The molecule has 0 bridgehead atoms. The summed E-state index contributed by atoms with van der Waals surface area (Å²) >= 11 is 1.68. The van der Waals surface area contributed by atoms with Crippen molar-refractivity contribution in [3.63, 3.8) is 0 Å². The summed E-state index contributed by atoms with van der Waals surface area (Å²) < 4.78 is 3.42. The summed E-state index contributed by atoms with van der Waals surface area (Å²) in [5.41, 5.74) is 8.47. The first-order valence-electron chi connectivity index (χ1n) is 15.4. The average molecular weight is 616 g/mol. The Morgan fingerprint density at radius 1 is 0.630 bits per heavy atom. The van der Waals surface area contributed by atoms with Gasteiger partial charge in [0.2, 0.25) is 0 Å². The highest BCUT2D eigenvalue weighted by Gasteiger charge is 2.15. The molecule has 6 heteroatoms. The van der Waals surface area contributed by atoms with Crippen molar-refractivity contribution >= 4 is 54.5 Å². The average Bonchev–Trinajstić information content (AvgIpc) is 3.68. The summed E-state index contributed by atoms with van der Waals surface area (Å²) in [5.74, 6) is 1.98. The van der Waals surface area contributed by atoms with E-state index in [0.29, 0.717) is 17.5 Å². The number of nitrogens with zero attached hydrogens (tertiary/aromatic N) is 5. The van der Waals surface area contributed by atoms with Crippen LogP contribution in [-0.2, 0) is 0 Å². The summed E-state index contributed by atoms with van der Waals surface area (Å²) in [4.78, 5) is 19.5. The summed E-state index contributed by atoms with van der Waals surface area (Å²) in [6, 6.07) is 32.1. The van der Waals surface area contributed by atoms with E-state index < -0.39 is 0 Å². The predicted molar refractivity (Wildman–Crippen MR) is 195 cm³/mol. The van der Waals surface area contributed by atoms with Crippen molar-refractivity contribution in [2.45, 2.75) is 27.7 Å². The second-order valence-electron chi connectivity index (χ2n) is 11.2. The maximum atomic E-state index is 4.99. The Balaban J connectivity index is 1.25. The van der Waals surface area contributed by atoms with E-state index in [4.69, 9.17) is 19.9 Å². The monoisotopic (exact) mass is 615 g/mol. The van der Waals surface area contributed by atoms with E-state index in [2.05, 4.69) is 95.6 Å². The molecule has 0 saturated heterocycles. The third-order valence-electron chi connectivity index (χ3n) is 8.02. The predicted octanol–water partition coefficient (Wildman–Crippen LogP) is 10.9. The summed E-state index contributed by atoms with van der Waals surface area (Å²) in [7, 11) is 0. The Bertz CT molecular complexity index is 2250. The zero-order valence-electron chi connectivity index (χ0n) is 26.3. The fourth-order valence-electron chi connectivity index (χ4n) is 5.63. The van der Waals surface area contributed by atoms with Crippen molar-refractivity contribution in [2.24, 2.45) is 0 Å². The Morgan fingerprint density at radius 2 is 1.20 bits per heavy atom. The lowest BCUT2D eigenvalue weighted by Crippen LogP contribution is -2.03. The number of benzene rings is 4. The van der Waals surface area contributed by atoms with Crippen LogP contribution < -0.4 is 0 Å². The molecule has 46 heavy (non-hydrogen) atoms. The van der Waals surface area contributed by atoms with Gasteiger partial charge < -0.3 is 4.57 Å². The van der Waals surface area contributed by atoms with E-state index in [-0.39, 0.29) is 0 Å². The van der Waals surface area contributed by atoms with E-state index in [1.807, 2.05) is 64.2 Å². The number of thiazole rings is 1. The van der Waals surface area contributed by atoms with Crippen LogP contribution >= 0.6 is 11.3 Å². The fourth-order valence-corrected chi connectivity index (χ4v) is 6.64. The minimum atomic E-state index is 0.647. The number of hydrogen-bond donors (Lipinski definition) is 0. The minimum absolute atomic E-state index is 0.647. The molecule has 0 N–H and O–H groups in total. The molecule has 0 saturated carbocycles. The standard InChI is InChI=1S/C40H33N5S/c1-5-7-13-26(3)37-42-38(27(4)14-8-6-2)44-39(43-37)29-21-24-33-36(25-29)46-40(41-33)28-19-22-30(23-20-28)45-34-17-11-9-15-31(34)32-16-10-12-18-35(32)45/h5-25H,1-4H3/b7-5-,8-6-,26-13+,27-14+.